The molecule has 1 N–H and O–H groups in total. The van der Waals surface area contributed by atoms with Crippen LogP contribution in [0.15, 0.2) is 97.3 Å². The number of hydrogen-bond donors (Lipinski definition) is 1. The lowest BCUT2D eigenvalue weighted by Gasteiger charge is -2.35. The fourth-order valence-corrected chi connectivity index (χ4v) is 5.83. The van der Waals surface area contributed by atoms with Gasteiger partial charge in [0.2, 0.25) is 0 Å². The Morgan fingerprint density at radius 3 is 1.56 bits per heavy atom. The Labute approximate surface area is 203 Å². The van der Waals surface area contributed by atoms with E-state index in [9.17, 15) is 0 Å². The Balaban J connectivity index is 1.65. The summed E-state index contributed by atoms with van der Waals surface area (Å²) in [6.07, 6.45) is 1.92. The number of benzene rings is 3. The van der Waals surface area contributed by atoms with Gasteiger partial charge in [0, 0.05) is 6.04 Å². The summed E-state index contributed by atoms with van der Waals surface area (Å²) < 4.78 is 2.07. The van der Waals surface area contributed by atoms with Crippen molar-refractivity contribution >= 4 is 0 Å². The number of nitrogens with one attached hydrogen (secondary N) is 1. The molecule has 2 atom stereocenters. The first-order chi connectivity index (χ1) is 16.5. The lowest BCUT2D eigenvalue weighted by atomic mass is 9.77. The van der Waals surface area contributed by atoms with Gasteiger partial charge in [0.05, 0.1) is 6.04 Å². The minimum atomic E-state index is -0.616. The van der Waals surface area contributed by atoms with Crippen LogP contribution < -0.4 is 5.32 Å². The molecule has 1 aliphatic rings. The minimum absolute atomic E-state index is 0.205. The second-order valence-electron chi connectivity index (χ2n) is 10.1. The van der Waals surface area contributed by atoms with Crippen LogP contribution in [0.1, 0.15) is 56.3 Å². The van der Waals surface area contributed by atoms with Crippen molar-refractivity contribution in [2.75, 3.05) is 0 Å². The summed E-state index contributed by atoms with van der Waals surface area (Å²) in [6, 6.07) is 32.5. The highest BCUT2D eigenvalue weighted by atomic mass is 15.4. The fourth-order valence-electron chi connectivity index (χ4n) is 5.83. The molecule has 4 heteroatoms. The van der Waals surface area contributed by atoms with E-state index < -0.39 is 5.54 Å². The molecule has 2 heterocycles. The van der Waals surface area contributed by atoms with Crippen LogP contribution >= 0.6 is 0 Å². The van der Waals surface area contributed by atoms with Gasteiger partial charge in [-0.25, -0.2) is 9.67 Å². The second-order valence-corrected chi connectivity index (χ2v) is 10.1. The molecular formula is C30H34N4. The smallest absolute Gasteiger partial charge is 0.169 e. The molecule has 4 nitrogen and oxygen atoms in total. The van der Waals surface area contributed by atoms with Crippen LogP contribution in [0.5, 0.6) is 0 Å². The molecule has 0 saturated carbocycles. The van der Waals surface area contributed by atoms with Gasteiger partial charge >= 0.3 is 0 Å². The molecule has 1 aliphatic heterocycles. The summed E-state index contributed by atoms with van der Waals surface area (Å²) in [6.45, 7) is 9.27. The highest BCUT2D eigenvalue weighted by molar-refractivity contribution is 5.50. The lowest BCUT2D eigenvalue weighted by Crippen LogP contribution is -2.38. The number of rotatable bonds is 8. The van der Waals surface area contributed by atoms with Crippen LogP contribution in [0.25, 0.3) is 0 Å². The van der Waals surface area contributed by atoms with E-state index in [0.717, 1.165) is 22.5 Å². The van der Waals surface area contributed by atoms with Crippen molar-refractivity contribution in [1.29, 1.82) is 0 Å². The molecule has 3 aromatic carbocycles. The molecule has 1 saturated heterocycles. The number of aromatic nitrogens is 3. The maximum absolute atomic E-state index is 5.17. The van der Waals surface area contributed by atoms with Crippen molar-refractivity contribution in [2.24, 2.45) is 17.8 Å². The third-order valence-corrected chi connectivity index (χ3v) is 7.28. The van der Waals surface area contributed by atoms with Crippen LogP contribution in [-0.4, -0.2) is 20.8 Å². The van der Waals surface area contributed by atoms with E-state index in [0.29, 0.717) is 23.8 Å². The molecule has 1 fully saturated rings. The Bertz CT molecular complexity index is 1090. The first-order valence-electron chi connectivity index (χ1n) is 12.4. The summed E-state index contributed by atoms with van der Waals surface area (Å²) in [5.41, 5.74) is 2.86. The van der Waals surface area contributed by atoms with Crippen molar-refractivity contribution in [3.63, 3.8) is 0 Å². The Morgan fingerprint density at radius 1 is 0.706 bits per heavy atom. The predicted molar refractivity (Wildman–Crippen MR) is 137 cm³/mol. The summed E-state index contributed by atoms with van der Waals surface area (Å²) in [5, 5.41) is 8.86. The molecule has 0 aliphatic carbocycles. The Morgan fingerprint density at radius 2 is 1.15 bits per heavy atom. The van der Waals surface area contributed by atoms with E-state index in [1.807, 2.05) is 6.33 Å². The van der Waals surface area contributed by atoms with E-state index in [1.165, 1.54) is 0 Å². The first-order valence-corrected chi connectivity index (χ1v) is 12.4. The van der Waals surface area contributed by atoms with Gasteiger partial charge in [0.25, 0.3) is 0 Å². The first kappa shape index (κ1) is 22.5. The van der Waals surface area contributed by atoms with Crippen LogP contribution in [0, 0.1) is 17.8 Å². The third kappa shape index (κ3) is 3.86. The van der Waals surface area contributed by atoms with E-state index in [2.05, 4.69) is 129 Å². The maximum Gasteiger partial charge on any atom is 0.169 e. The monoisotopic (exact) mass is 450 g/mol. The molecule has 1 aromatic heterocycles. The van der Waals surface area contributed by atoms with E-state index in [-0.39, 0.29) is 6.04 Å². The van der Waals surface area contributed by atoms with Gasteiger partial charge in [-0.1, -0.05) is 119 Å². The van der Waals surface area contributed by atoms with Gasteiger partial charge in [-0.15, -0.1) is 0 Å². The van der Waals surface area contributed by atoms with Gasteiger partial charge in [0.1, 0.15) is 11.9 Å². The van der Waals surface area contributed by atoms with Crippen molar-refractivity contribution in [1.82, 2.24) is 20.1 Å². The lowest BCUT2D eigenvalue weighted by molar-refractivity contribution is 0.278. The zero-order valence-electron chi connectivity index (χ0n) is 20.5. The maximum atomic E-state index is 5.17. The van der Waals surface area contributed by atoms with E-state index in [4.69, 9.17) is 10.1 Å². The van der Waals surface area contributed by atoms with E-state index in [1.54, 1.807) is 0 Å². The second kappa shape index (κ2) is 9.19. The van der Waals surface area contributed by atoms with Crippen LogP contribution in [0.2, 0.25) is 0 Å². The average Bonchev–Trinajstić information content (AvgIpc) is 3.46. The zero-order valence-corrected chi connectivity index (χ0v) is 20.5. The molecule has 5 rings (SSSR count). The summed E-state index contributed by atoms with van der Waals surface area (Å²) >= 11 is 0. The van der Waals surface area contributed by atoms with Crippen LogP contribution in [-0.2, 0) is 5.54 Å². The molecule has 0 spiro atoms. The normalized spacial score (nSPS) is 18.1. The number of hydrogen-bond acceptors (Lipinski definition) is 3. The quantitative estimate of drug-likeness (QED) is 0.262. The highest BCUT2D eigenvalue weighted by Gasteiger charge is 2.48. The topological polar surface area (TPSA) is 52.6 Å². The fraction of sp³-hybridized carbons (Fsp3) is 0.333. The van der Waals surface area contributed by atoms with Crippen LogP contribution in [0.3, 0.4) is 0 Å². The van der Waals surface area contributed by atoms with Crippen molar-refractivity contribution in [3.8, 4) is 0 Å². The highest BCUT2D eigenvalue weighted by Crippen LogP contribution is 2.43. The average molecular weight is 451 g/mol. The number of nitrogens with zero attached hydrogens (tertiary/aromatic N) is 3. The molecule has 0 amide bonds. The molecule has 174 valence electrons. The van der Waals surface area contributed by atoms with Gasteiger partial charge in [0.15, 0.2) is 5.82 Å². The molecule has 2 unspecified atom stereocenters. The van der Waals surface area contributed by atoms with Gasteiger partial charge < -0.3 is 5.32 Å². The van der Waals surface area contributed by atoms with E-state index >= 15 is 0 Å². The molecule has 34 heavy (non-hydrogen) atoms. The Hall–Kier alpha value is -3.24. The predicted octanol–water partition coefficient (Wildman–Crippen LogP) is 6.06. The molecular weight excluding hydrogens is 416 g/mol. The summed E-state index contributed by atoms with van der Waals surface area (Å²) in [7, 11) is 0. The minimum Gasteiger partial charge on any atom is -0.301 e. The largest absolute Gasteiger partial charge is 0.301 e. The summed E-state index contributed by atoms with van der Waals surface area (Å²) in [5.74, 6) is 2.70. The molecule has 0 radical (unpaired) electrons. The van der Waals surface area contributed by atoms with Gasteiger partial charge in [-0.05, 0) is 34.4 Å². The standard InChI is InChI=1S/C30H34N4/c1-21(2)26(22(3)4)27-28(32-27)29-31-20-34(33-29)30(23-14-8-5-9-15-23,24-16-10-6-11-17-24)25-18-12-7-13-19-25/h5-22,26-28,32H,1-4H3. The van der Waals surface area contributed by atoms with Crippen molar-refractivity contribution in [2.45, 2.75) is 45.3 Å². The van der Waals surface area contributed by atoms with Gasteiger partial charge in [-0.2, -0.15) is 5.10 Å². The summed E-state index contributed by atoms with van der Waals surface area (Å²) in [4.78, 5) is 4.86. The SMILES string of the molecule is CC(C)C(C(C)C)C1NC1c1ncn(C(c2ccccc2)(c2ccccc2)c2ccccc2)n1. The van der Waals surface area contributed by atoms with Gasteiger partial charge in [-0.3, -0.25) is 0 Å². The van der Waals surface area contributed by atoms with Crippen molar-refractivity contribution < 1.29 is 0 Å². The molecule has 4 aromatic rings. The third-order valence-electron chi connectivity index (χ3n) is 7.28. The Kier molecular flexibility index (Phi) is 6.09. The van der Waals surface area contributed by atoms with Crippen molar-refractivity contribution in [3.05, 3.63) is 120 Å². The zero-order chi connectivity index (χ0) is 23.7. The van der Waals surface area contributed by atoms with Crippen LogP contribution in [0.4, 0.5) is 0 Å². The molecule has 0 bridgehead atoms.